The number of hydrogen-bond donors (Lipinski definition) is 1. The summed E-state index contributed by atoms with van der Waals surface area (Å²) in [5.74, 6) is -4.10. The normalized spacial score (nSPS) is 34.7. The van der Waals surface area contributed by atoms with Gasteiger partial charge < -0.3 is 47.9 Å². The van der Waals surface area contributed by atoms with Crippen LogP contribution in [0.4, 0.5) is 0 Å². The first-order chi connectivity index (χ1) is 30.8. The third kappa shape index (κ3) is 13.2. The molecular formula is C49H79NO16. The predicted octanol–water partition coefficient (Wildman–Crippen LogP) is 6.33. The van der Waals surface area contributed by atoms with Gasteiger partial charge in [0.15, 0.2) is 24.6 Å². The Hall–Kier alpha value is -3.83. The van der Waals surface area contributed by atoms with Crippen molar-refractivity contribution in [2.45, 2.75) is 202 Å². The molecule has 0 aromatic carbocycles. The fourth-order valence-corrected chi connectivity index (χ4v) is 12.6. The van der Waals surface area contributed by atoms with Crippen LogP contribution in [0.2, 0.25) is 0 Å². The van der Waals surface area contributed by atoms with Gasteiger partial charge in [0, 0.05) is 52.9 Å². The molecule has 0 spiro atoms. The van der Waals surface area contributed by atoms with Gasteiger partial charge in [-0.05, 0) is 99.8 Å². The summed E-state index contributed by atoms with van der Waals surface area (Å²) in [5, 5.41) is 3.13. The second kappa shape index (κ2) is 23.0. The van der Waals surface area contributed by atoms with Crippen LogP contribution in [0.5, 0.6) is 0 Å². The highest BCUT2D eigenvalue weighted by Gasteiger charge is 2.64. The molecule has 0 radical (unpaired) electrons. The minimum absolute atomic E-state index is 0.00967. The SMILES string of the molecule is CCCCC1C(C)(C)[C@@H](OC(C)=O)CC[C@]1(C)C1CC(OC(C)=O)[C@@H]2C(C(C)(CCCNCC(=O)OC)O[C@H]3O[C@H](COC(C)=O)[C@@H](OC(C)=O)[C@H](OC(C)=O)C3OC(C)=O)CC[C@@]2(C)C1. The van der Waals surface area contributed by atoms with Crippen LogP contribution in [0.3, 0.4) is 0 Å². The largest absolute Gasteiger partial charge is 0.468 e. The Morgan fingerprint density at radius 1 is 0.742 bits per heavy atom. The minimum Gasteiger partial charge on any atom is -0.468 e. The van der Waals surface area contributed by atoms with Crippen molar-refractivity contribution < 1.29 is 76.2 Å². The molecule has 376 valence electrons. The van der Waals surface area contributed by atoms with Gasteiger partial charge in [-0.1, -0.05) is 47.5 Å². The number of hydrogen-bond acceptors (Lipinski definition) is 17. The second-order valence-corrected chi connectivity index (χ2v) is 20.6. The number of fused-ring (bicyclic) bond motifs is 1. The fourth-order valence-electron chi connectivity index (χ4n) is 12.6. The quantitative estimate of drug-likeness (QED) is 0.0802. The Balaban J connectivity index is 1.82. The topological polar surface area (TPSA) is 215 Å². The van der Waals surface area contributed by atoms with Gasteiger partial charge in [0.25, 0.3) is 0 Å². The maximum Gasteiger partial charge on any atom is 0.319 e. The lowest BCUT2D eigenvalue weighted by atomic mass is 9.46. The fraction of sp³-hybridized carbons (Fsp3) is 0.857. The van der Waals surface area contributed by atoms with Crippen molar-refractivity contribution in [1.29, 1.82) is 0 Å². The van der Waals surface area contributed by atoms with Gasteiger partial charge >= 0.3 is 41.8 Å². The van der Waals surface area contributed by atoms with Crippen LogP contribution in [-0.2, 0) is 76.2 Å². The van der Waals surface area contributed by atoms with Gasteiger partial charge in [0.2, 0.25) is 0 Å². The standard InChI is InChI=1S/C49H79NO16/c1-14-15-17-38-46(8,9)39(61-30(4)53)19-22-48(38,11)34-24-36(60-29(3)52)41-35(18-21-47(41,10)25-34)49(12,20-16-23-50-26-40(57)58-13)66-45-44(64-33(7)56)43(63-32(6)55)42(62-31(5)54)37(65-45)27-59-28(2)51/h34-39,41-45,50H,14-27H2,1-13H3/t34?,35?,36?,37-,38?,39+,41+,42-,43+,44?,45-,47+,48-,49?/m1/s1. The van der Waals surface area contributed by atoms with E-state index in [1.165, 1.54) is 34.8 Å². The third-order valence-corrected chi connectivity index (χ3v) is 15.4. The molecule has 4 aliphatic rings. The predicted molar refractivity (Wildman–Crippen MR) is 238 cm³/mol. The van der Waals surface area contributed by atoms with E-state index in [0.29, 0.717) is 32.2 Å². The Labute approximate surface area is 391 Å². The summed E-state index contributed by atoms with van der Waals surface area (Å²) in [5.41, 5.74) is -1.93. The molecule has 0 aromatic heterocycles. The zero-order chi connectivity index (χ0) is 49.4. The number of ether oxygens (including phenoxy) is 9. The van der Waals surface area contributed by atoms with E-state index in [2.05, 4.69) is 39.9 Å². The summed E-state index contributed by atoms with van der Waals surface area (Å²) in [6.45, 7) is 20.9. The maximum absolute atomic E-state index is 13.2. The van der Waals surface area contributed by atoms with Gasteiger partial charge in [-0.15, -0.1) is 0 Å². The van der Waals surface area contributed by atoms with E-state index in [1.807, 2.05) is 6.92 Å². The highest BCUT2D eigenvalue weighted by atomic mass is 16.7. The molecule has 1 heterocycles. The van der Waals surface area contributed by atoms with Gasteiger partial charge in [0.1, 0.15) is 24.9 Å². The molecule has 17 heteroatoms. The summed E-state index contributed by atoms with van der Waals surface area (Å²) >= 11 is 0. The van der Waals surface area contributed by atoms with Crippen molar-refractivity contribution >= 4 is 41.8 Å². The van der Waals surface area contributed by atoms with Crippen LogP contribution in [0.15, 0.2) is 0 Å². The van der Waals surface area contributed by atoms with Gasteiger partial charge in [-0.25, -0.2) is 0 Å². The molecule has 1 N–H and O–H groups in total. The molecule has 3 saturated carbocycles. The summed E-state index contributed by atoms with van der Waals surface area (Å²) in [6, 6.07) is 0. The molecule has 14 atom stereocenters. The molecule has 1 saturated heterocycles. The molecule has 1 aliphatic heterocycles. The molecule has 66 heavy (non-hydrogen) atoms. The molecule has 0 bridgehead atoms. The summed E-state index contributed by atoms with van der Waals surface area (Å²) < 4.78 is 53.6. The van der Waals surface area contributed by atoms with E-state index in [4.69, 9.17) is 42.6 Å². The number of rotatable bonds is 20. The summed E-state index contributed by atoms with van der Waals surface area (Å²) in [7, 11) is 1.31. The van der Waals surface area contributed by atoms with Crippen molar-refractivity contribution in [3.05, 3.63) is 0 Å². The summed E-state index contributed by atoms with van der Waals surface area (Å²) in [6.07, 6.45) is 0.784. The number of carbonyl (C=O) groups is 7. The molecule has 17 nitrogen and oxygen atoms in total. The monoisotopic (exact) mass is 938 g/mol. The van der Waals surface area contributed by atoms with Crippen molar-refractivity contribution in [2.75, 3.05) is 26.8 Å². The van der Waals surface area contributed by atoms with E-state index in [-0.39, 0.29) is 58.5 Å². The Bertz CT molecular complexity index is 1740. The van der Waals surface area contributed by atoms with Gasteiger partial charge in [-0.2, -0.15) is 0 Å². The average molecular weight is 938 g/mol. The molecule has 4 fully saturated rings. The van der Waals surface area contributed by atoms with E-state index < -0.39 is 84.8 Å². The second-order valence-electron chi connectivity index (χ2n) is 20.6. The molecule has 6 unspecified atom stereocenters. The van der Waals surface area contributed by atoms with Crippen LogP contribution in [0, 0.1) is 39.9 Å². The van der Waals surface area contributed by atoms with E-state index >= 15 is 0 Å². The minimum atomic E-state index is -1.45. The maximum atomic E-state index is 13.2. The number of esters is 7. The van der Waals surface area contributed by atoms with Crippen LogP contribution >= 0.6 is 0 Å². The van der Waals surface area contributed by atoms with E-state index in [0.717, 1.165) is 58.8 Å². The zero-order valence-corrected chi connectivity index (χ0v) is 41.8. The molecule has 4 rings (SSSR count). The number of unbranched alkanes of at least 4 members (excludes halogenated alkanes) is 1. The number of nitrogens with one attached hydrogen (secondary N) is 1. The van der Waals surface area contributed by atoms with Crippen molar-refractivity contribution in [2.24, 2.45) is 39.9 Å². The summed E-state index contributed by atoms with van der Waals surface area (Å²) in [4.78, 5) is 87.7. The highest BCUT2D eigenvalue weighted by molar-refractivity contribution is 5.71. The lowest BCUT2D eigenvalue weighted by Gasteiger charge is -2.61. The Kier molecular flexibility index (Phi) is 19.1. The number of methoxy groups -OCH3 is 1. The lowest BCUT2D eigenvalue weighted by molar-refractivity contribution is -0.338. The molecule has 3 aliphatic carbocycles. The first kappa shape index (κ1) is 54.8. The Morgan fingerprint density at radius 2 is 1.35 bits per heavy atom. The van der Waals surface area contributed by atoms with Crippen LogP contribution in [0.25, 0.3) is 0 Å². The third-order valence-electron chi connectivity index (χ3n) is 15.4. The first-order valence-electron chi connectivity index (χ1n) is 23.9. The zero-order valence-electron chi connectivity index (χ0n) is 41.8. The van der Waals surface area contributed by atoms with Crippen LogP contribution in [-0.4, -0.2) is 117 Å². The van der Waals surface area contributed by atoms with Gasteiger partial charge in [0.05, 0.1) is 19.3 Å². The molecule has 0 aromatic rings. The van der Waals surface area contributed by atoms with Crippen molar-refractivity contribution in [3.8, 4) is 0 Å². The smallest absolute Gasteiger partial charge is 0.319 e. The highest BCUT2D eigenvalue weighted by Crippen LogP contribution is 2.67. The van der Waals surface area contributed by atoms with E-state index in [1.54, 1.807) is 0 Å². The molecular weight excluding hydrogens is 859 g/mol. The molecule has 0 amide bonds. The number of carbonyl (C=O) groups excluding carboxylic acids is 7. The van der Waals surface area contributed by atoms with Crippen molar-refractivity contribution in [3.63, 3.8) is 0 Å². The van der Waals surface area contributed by atoms with Crippen molar-refractivity contribution in [1.82, 2.24) is 5.32 Å². The van der Waals surface area contributed by atoms with E-state index in [9.17, 15) is 33.6 Å². The van der Waals surface area contributed by atoms with Crippen LogP contribution < -0.4 is 5.32 Å². The lowest BCUT2D eigenvalue weighted by Crippen LogP contribution is -2.64. The Morgan fingerprint density at radius 3 is 1.92 bits per heavy atom. The first-order valence-corrected chi connectivity index (χ1v) is 23.9. The van der Waals surface area contributed by atoms with Gasteiger partial charge in [-0.3, -0.25) is 33.6 Å². The van der Waals surface area contributed by atoms with Crippen LogP contribution in [0.1, 0.15) is 154 Å². The average Bonchev–Trinajstić information content (AvgIpc) is 3.57.